The van der Waals surface area contributed by atoms with Gasteiger partial charge in [0.05, 0.1) is 0 Å². The molecule has 0 N–H and O–H groups in total. The molecule has 0 bridgehead atoms. The van der Waals surface area contributed by atoms with E-state index in [1.807, 2.05) is 0 Å². The van der Waals surface area contributed by atoms with Gasteiger partial charge in [-0.3, -0.25) is 0 Å². The summed E-state index contributed by atoms with van der Waals surface area (Å²) >= 11 is 0. The average Bonchev–Trinajstić information content (AvgIpc) is 2.44. The predicted octanol–water partition coefficient (Wildman–Crippen LogP) is -0.803. The molecular weight excluding hydrogens is 315 g/mol. The molecule has 6 nitrogen and oxygen atoms in total. The van der Waals surface area contributed by atoms with Crippen LogP contribution in [-0.2, 0) is 21.7 Å². The maximum atomic E-state index is 7.00. The van der Waals surface area contributed by atoms with Crippen molar-refractivity contribution in [1.82, 2.24) is 19.6 Å². The van der Waals surface area contributed by atoms with E-state index in [-0.39, 0.29) is 16.5 Å². The van der Waals surface area contributed by atoms with Gasteiger partial charge in [0.15, 0.2) is 0 Å². The van der Waals surface area contributed by atoms with E-state index < -0.39 is 0 Å². The molecule has 0 amide bonds. The molecule has 1 heterocycles. The topological polar surface area (TPSA) is 55.9 Å². The van der Waals surface area contributed by atoms with Crippen molar-refractivity contribution in [2.75, 3.05) is 80.5 Å². The van der Waals surface area contributed by atoms with Crippen LogP contribution < -0.4 is 5.26 Å². The van der Waals surface area contributed by atoms with Crippen LogP contribution in [0.15, 0.2) is 0 Å². The fourth-order valence-corrected chi connectivity index (χ4v) is 2.35. The van der Waals surface area contributed by atoms with Gasteiger partial charge in [0.25, 0.3) is 0 Å². The zero-order valence-corrected chi connectivity index (χ0v) is 15.0. The smallest absolute Gasteiger partial charge is 0.693 e. The molecule has 0 unspecified atom stereocenters. The van der Waals surface area contributed by atoms with Crippen molar-refractivity contribution in [3.8, 4) is 0 Å². The normalized spacial score (nSPS) is 22.6. The summed E-state index contributed by atoms with van der Waals surface area (Å²) in [5.41, 5.74) is 0. The summed E-state index contributed by atoms with van der Waals surface area (Å²) < 4.78 is 0. The summed E-state index contributed by atoms with van der Waals surface area (Å²) in [5.74, 6) is 0. The van der Waals surface area contributed by atoms with Crippen LogP contribution in [0.1, 0.15) is 12.8 Å². The van der Waals surface area contributed by atoms with Crippen molar-refractivity contribution in [2.24, 2.45) is 0 Å². The minimum atomic E-state index is 0. The molecule has 0 spiro atoms. The molecular formula is C14H32N4NiO2+. The third kappa shape index (κ3) is 13.6. The van der Waals surface area contributed by atoms with Crippen molar-refractivity contribution in [1.29, 1.82) is 0 Å². The molecule has 0 aromatic carbocycles. The van der Waals surface area contributed by atoms with Gasteiger partial charge in [-0.2, -0.15) is 0 Å². The van der Waals surface area contributed by atoms with Crippen molar-refractivity contribution < 1.29 is 27.0 Å². The first-order valence-electron chi connectivity index (χ1n) is 7.49. The largest absolute Gasteiger partial charge is 2.00 e. The van der Waals surface area contributed by atoms with Gasteiger partial charge in [-0.05, 0) is 67.2 Å². The Morgan fingerprint density at radius 2 is 0.714 bits per heavy atom. The first kappa shape index (κ1) is 23.5. The summed E-state index contributed by atoms with van der Waals surface area (Å²) in [6, 6.07) is 0. The second-order valence-electron chi connectivity index (χ2n) is 5.92. The minimum Gasteiger partial charge on any atom is -0.693 e. The molecule has 0 saturated carbocycles. The minimum absolute atomic E-state index is 0. The van der Waals surface area contributed by atoms with E-state index in [0.29, 0.717) is 0 Å². The maximum absolute atomic E-state index is 7.00. The Balaban J connectivity index is 0. The van der Waals surface area contributed by atoms with E-state index in [4.69, 9.17) is 10.5 Å². The number of hydrogen-bond acceptors (Lipinski definition) is 5. The SMILES string of the molecule is CN1CCCN(C)CCN(C)CCCN(C)CC1.[Ni+2].[O][O-]. The molecule has 1 aliphatic rings. The average molecular weight is 347 g/mol. The molecule has 1 radical (unpaired) electrons. The monoisotopic (exact) mass is 346 g/mol. The summed E-state index contributed by atoms with van der Waals surface area (Å²) in [7, 11) is 8.97. The quantitative estimate of drug-likeness (QED) is 0.326. The van der Waals surface area contributed by atoms with Crippen molar-refractivity contribution in [2.45, 2.75) is 12.8 Å². The van der Waals surface area contributed by atoms with Crippen molar-refractivity contribution in [3.05, 3.63) is 0 Å². The Kier molecular flexibility index (Phi) is 17.0. The number of likely N-dealkylation sites (N-methyl/N-ethyl adjacent to an activating group) is 4. The number of rotatable bonds is 0. The van der Waals surface area contributed by atoms with Crippen LogP contribution in [0.2, 0.25) is 0 Å². The van der Waals surface area contributed by atoms with E-state index >= 15 is 0 Å². The zero-order valence-electron chi connectivity index (χ0n) is 14.0. The van der Waals surface area contributed by atoms with Gasteiger partial charge in [0, 0.05) is 26.2 Å². The fraction of sp³-hybridized carbons (Fsp3) is 1.00. The van der Waals surface area contributed by atoms with E-state index in [9.17, 15) is 0 Å². The second kappa shape index (κ2) is 15.2. The molecule has 7 heteroatoms. The predicted molar refractivity (Wildman–Crippen MR) is 79.9 cm³/mol. The molecule has 21 heavy (non-hydrogen) atoms. The number of nitrogens with zero attached hydrogens (tertiary/aromatic N) is 4. The second-order valence-corrected chi connectivity index (χ2v) is 5.92. The van der Waals surface area contributed by atoms with Crippen LogP contribution in [0.25, 0.3) is 0 Å². The van der Waals surface area contributed by atoms with E-state index in [0.717, 1.165) is 0 Å². The first-order valence-corrected chi connectivity index (χ1v) is 7.49. The zero-order chi connectivity index (χ0) is 15.4. The maximum Gasteiger partial charge on any atom is 2.00 e. The van der Waals surface area contributed by atoms with Crippen molar-refractivity contribution in [3.63, 3.8) is 0 Å². The summed E-state index contributed by atoms with van der Waals surface area (Å²) in [4.78, 5) is 9.84. The Hall–Kier alpha value is 0.254. The van der Waals surface area contributed by atoms with Gasteiger partial charge >= 0.3 is 16.5 Å². The van der Waals surface area contributed by atoms with Crippen LogP contribution in [0, 0.1) is 0 Å². The standard InChI is InChI=1S/C14H32N4.Ni.O2/c1-15-7-5-8-17(3)13-14-18(4)10-6-9-16(2)12-11-15;;1-2/h5-14H2,1-4H3;;/q;+2;-1. The van der Waals surface area contributed by atoms with Crippen LogP contribution in [-0.4, -0.2) is 100 Å². The van der Waals surface area contributed by atoms with Crippen LogP contribution in [0.3, 0.4) is 0 Å². The van der Waals surface area contributed by atoms with Crippen LogP contribution >= 0.6 is 0 Å². The summed E-state index contributed by atoms with van der Waals surface area (Å²) in [5, 5.41) is 14.0. The Bertz CT molecular complexity index is 183. The van der Waals surface area contributed by atoms with E-state index in [1.165, 1.54) is 65.2 Å². The third-order valence-electron chi connectivity index (χ3n) is 3.89. The Morgan fingerprint density at radius 3 is 0.905 bits per heavy atom. The molecule has 1 fully saturated rings. The van der Waals surface area contributed by atoms with E-state index in [1.54, 1.807) is 0 Å². The van der Waals surface area contributed by atoms with Gasteiger partial charge in [-0.15, -0.1) is 0 Å². The van der Waals surface area contributed by atoms with E-state index in [2.05, 4.69) is 47.8 Å². The fourth-order valence-electron chi connectivity index (χ4n) is 2.35. The van der Waals surface area contributed by atoms with Crippen LogP contribution in [0.5, 0.6) is 0 Å². The van der Waals surface area contributed by atoms with Gasteiger partial charge in [0.1, 0.15) is 0 Å². The molecule has 0 aromatic heterocycles. The molecule has 0 aliphatic carbocycles. The van der Waals surface area contributed by atoms with Gasteiger partial charge in [-0.1, -0.05) is 0 Å². The molecule has 129 valence electrons. The molecule has 1 saturated heterocycles. The Labute approximate surface area is 140 Å². The molecule has 0 atom stereocenters. The summed E-state index contributed by atoms with van der Waals surface area (Å²) in [6.07, 6.45) is 2.56. The third-order valence-corrected chi connectivity index (χ3v) is 3.89. The molecule has 1 rings (SSSR count). The van der Waals surface area contributed by atoms with Crippen molar-refractivity contribution >= 4 is 0 Å². The molecule has 0 aromatic rings. The Morgan fingerprint density at radius 1 is 0.524 bits per heavy atom. The van der Waals surface area contributed by atoms with Gasteiger partial charge < -0.3 is 30.1 Å². The van der Waals surface area contributed by atoms with Gasteiger partial charge in [0.2, 0.25) is 0 Å². The van der Waals surface area contributed by atoms with Gasteiger partial charge in [-0.25, -0.2) is 0 Å². The molecule has 1 aliphatic heterocycles. The first-order chi connectivity index (χ1) is 9.58. The summed E-state index contributed by atoms with van der Waals surface area (Å²) in [6.45, 7) is 9.63. The van der Waals surface area contributed by atoms with Crippen LogP contribution in [0.4, 0.5) is 0 Å². The number of hydrogen-bond donors (Lipinski definition) is 0.